The summed E-state index contributed by atoms with van der Waals surface area (Å²) in [6.45, 7) is 2.38. The molecule has 21 heavy (non-hydrogen) atoms. The van der Waals surface area contributed by atoms with Gasteiger partial charge in [0.2, 0.25) is 5.95 Å². The van der Waals surface area contributed by atoms with Crippen LogP contribution in [-0.4, -0.2) is 17.0 Å². The van der Waals surface area contributed by atoms with E-state index in [1.54, 1.807) is 11.9 Å². The number of benzene rings is 1. The van der Waals surface area contributed by atoms with Gasteiger partial charge in [-0.2, -0.15) is 18.2 Å². The molecule has 0 radical (unpaired) electrons. The van der Waals surface area contributed by atoms with Crippen LogP contribution < -0.4 is 10.6 Å². The maximum absolute atomic E-state index is 12.7. The Hall–Kier alpha value is -2.31. The van der Waals surface area contributed by atoms with Crippen LogP contribution in [0.15, 0.2) is 30.3 Å². The Bertz CT molecular complexity index is 640. The fourth-order valence-electron chi connectivity index (χ4n) is 1.96. The number of aryl methyl sites for hydroxylation is 1. The summed E-state index contributed by atoms with van der Waals surface area (Å²) in [6.07, 6.45) is -4.55. The highest BCUT2D eigenvalue weighted by Gasteiger charge is 2.33. The smallest absolute Gasteiger partial charge is 0.368 e. The Kier molecular flexibility index (Phi) is 4.02. The number of anilines is 2. The molecule has 2 rings (SSSR count). The summed E-state index contributed by atoms with van der Waals surface area (Å²) in [5.74, 6) is -0.257. The molecule has 1 aromatic carbocycles. The summed E-state index contributed by atoms with van der Waals surface area (Å²) in [5.41, 5.74) is 6.38. The first kappa shape index (κ1) is 15.1. The van der Waals surface area contributed by atoms with Gasteiger partial charge < -0.3 is 10.6 Å². The molecular weight excluding hydrogens is 281 g/mol. The van der Waals surface area contributed by atoms with Crippen LogP contribution in [0.3, 0.4) is 0 Å². The lowest BCUT2D eigenvalue weighted by molar-refractivity contribution is -0.141. The number of hydrogen-bond acceptors (Lipinski definition) is 4. The zero-order valence-electron chi connectivity index (χ0n) is 11.6. The van der Waals surface area contributed by atoms with Gasteiger partial charge in [0.15, 0.2) is 5.69 Å². The van der Waals surface area contributed by atoms with Crippen LogP contribution in [0.5, 0.6) is 0 Å². The van der Waals surface area contributed by atoms with Crippen LogP contribution in [0.4, 0.5) is 24.9 Å². The lowest BCUT2D eigenvalue weighted by Gasteiger charge is -2.19. The SMILES string of the molecule is Cc1cccc(CN(C)c2cc(C(F)(F)F)nc(N)n2)c1. The molecule has 112 valence electrons. The number of halogens is 3. The second-order valence-corrected chi connectivity index (χ2v) is 4.81. The molecule has 0 atom stereocenters. The van der Waals surface area contributed by atoms with E-state index in [-0.39, 0.29) is 5.82 Å². The molecule has 0 saturated carbocycles. The molecule has 0 aliphatic heterocycles. The molecule has 0 bridgehead atoms. The number of nitrogens with zero attached hydrogens (tertiary/aromatic N) is 3. The van der Waals surface area contributed by atoms with Gasteiger partial charge in [-0.25, -0.2) is 4.98 Å². The minimum atomic E-state index is -4.55. The Morgan fingerprint density at radius 2 is 1.90 bits per heavy atom. The number of alkyl halides is 3. The lowest BCUT2D eigenvalue weighted by atomic mass is 10.1. The highest BCUT2D eigenvalue weighted by molar-refractivity contribution is 5.44. The third kappa shape index (κ3) is 3.84. The molecule has 0 amide bonds. The highest BCUT2D eigenvalue weighted by Crippen LogP contribution is 2.30. The molecule has 0 unspecified atom stereocenters. The van der Waals surface area contributed by atoms with Crippen molar-refractivity contribution < 1.29 is 13.2 Å². The minimum absolute atomic E-state index is 0.135. The van der Waals surface area contributed by atoms with E-state index >= 15 is 0 Å². The molecule has 0 spiro atoms. The molecule has 1 aromatic heterocycles. The highest BCUT2D eigenvalue weighted by atomic mass is 19.4. The quantitative estimate of drug-likeness (QED) is 0.946. The fraction of sp³-hybridized carbons (Fsp3) is 0.286. The van der Waals surface area contributed by atoms with E-state index in [4.69, 9.17) is 5.73 Å². The van der Waals surface area contributed by atoms with Crippen LogP contribution in [0, 0.1) is 6.92 Å². The number of hydrogen-bond donors (Lipinski definition) is 1. The summed E-state index contributed by atoms with van der Waals surface area (Å²) >= 11 is 0. The molecule has 0 aliphatic rings. The third-order valence-electron chi connectivity index (χ3n) is 2.91. The van der Waals surface area contributed by atoms with Crippen molar-refractivity contribution in [3.05, 3.63) is 47.2 Å². The van der Waals surface area contributed by atoms with Crippen LogP contribution >= 0.6 is 0 Å². The first-order valence-corrected chi connectivity index (χ1v) is 6.24. The molecule has 0 aliphatic carbocycles. The predicted molar refractivity (Wildman–Crippen MR) is 74.7 cm³/mol. The standard InChI is InChI=1S/C14H15F3N4/c1-9-4-3-5-10(6-9)8-21(2)12-7-11(14(15,16)17)19-13(18)20-12/h3-7H,8H2,1-2H3,(H2,18,19,20). The van der Waals surface area contributed by atoms with Crippen molar-refractivity contribution in [1.82, 2.24) is 9.97 Å². The molecular formula is C14H15F3N4. The first-order chi connectivity index (χ1) is 9.75. The molecule has 2 aromatic rings. The maximum Gasteiger partial charge on any atom is 0.433 e. The second-order valence-electron chi connectivity index (χ2n) is 4.81. The molecule has 0 fully saturated rings. The van der Waals surface area contributed by atoms with Gasteiger partial charge in [-0.05, 0) is 12.5 Å². The van der Waals surface area contributed by atoms with Gasteiger partial charge in [0.05, 0.1) is 0 Å². The molecule has 4 nitrogen and oxygen atoms in total. The summed E-state index contributed by atoms with van der Waals surface area (Å²) in [7, 11) is 1.66. The van der Waals surface area contributed by atoms with E-state index < -0.39 is 17.8 Å². The van der Waals surface area contributed by atoms with Crippen molar-refractivity contribution >= 4 is 11.8 Å². The average molecular weight is 296 g/mol. The number of nitrogens with two attached hydrogens (primary N) is 1. The van der Waals surface area contributed by atoms with E-state index in [1.165, 1.54) is 0 Å². The lowest BCUT2D eigenvalue weighted by Crippen LogP contribution is -2.20. The molecule has 0 saturated heterocycles. The van der Waals surface area contributed by atoms with Gasteiger partial charge in [-0.15, -0.1) is 0 Å². The zero-order chi connectivity index (χ0) is 15.6. The van der Waals surface area contributed by atoms with Crippen molar-refractivity contribution in [1.29, 1.82) is 0 Å². The topological polar surface area (TPSA) is 55.0 Å². The number of rotatable bonds is 3. The zero-order valence-corrected chi connectivity index (χ0v) is 11.6. The maximum atomic E-state index is 12.7. The monoisotopic (exact) mass is 296 g/mol. The predicted octanol–water partition coefficient (Wildman–Crippen LogP) is 3.02. The van der Waals surface area contributed by atoms with Gasteiger partial charge in [0.1, 0.15) is 5.82 Å². The van der Waals surface area contributed by atoms with Crippen LogP contribution in [0.1, 0.15) is 16.8 Å². The Balaban J connectivity index is 2.27. The summed E-state index contributed by atoms with van der Waals surface area (Å²) < 4.78 is 38.2. The summed E-state index contributed by atoms with van der Waals surface area (Å²) in [5, 5.41) is 0. The normalized spacial score (nSPS) is 11.5. The number of aromatic nitrogens is 2. The van der Waals surface area contributed by atoms with E-state index in [0.29, 0.717) is 6.54 Å². The Morgan fingerprint density at radius 3 is 2.52 bits per heavy atom. The van der Waals surface area contributed by atoms with Crippen molar-refractivity contribution in [3.8, 4) is 0 Å². The molecule has 2 N–H and O–H groups in total. The molecule has 7 heteroatoms. The van der Waals surface area contributed by atoms with Crippen molar-refractivity contribution in [3.63, 3.8) is 0 Å². The van der Waals surface area contributed by atoms with Crippen LogP contribution in [0.2, 0.25) is 0 Å². The Labute approximate surface area is 120 Å². The van der Waals surface area contributed by atoms with Crippen molar-refractivity contribution in [2.75, 3.05) is 17.7 Å². The first-order valence-electron chi connectivity index (χ1n) is 6.24. The fourth-order valence-corrected chi connectivity index (χ4v) is 1.96. The third-order valence-corrected chi connectivity index (χ3v) is 2.91. The van der Waals surface area contributed by atoms with Gasteiger partial charge in [0.25, 0.3) is 0 Å². The summed E-state index contributed by atoms with van der Waals surface area (Å²) in [4.78, 5) is 8.68. The number of nitrogen functional groups attached to an aromatic ring is 1. The van der Waals surface area contributed by atoms with Crippen molar-refractivity contribution in [2.24, 2.45) is 0 Å². The van der Waals surface area contributed by atoms with E-state index in [2.05, 4.69) is 9.97 Å². The van der Waals surface area contributed by atoms with Crippen molar-refractivity contribution in [2.45, 2.75) is 19.6 Å². The van der Waals surface area contributed by atoms with Gasteiger partial charge in [0, 0.05) is 19.7 Å². The Morgan fingerprint density at radius 1 is 1.19 bits per heavy atom. The second kappa shape index (κ2) is 5.59. The van der Waals surface area contributed by atoms with Gasteiger partial charge >= 0.3 is 6.18 Å². The van der Waals surface area contributed by atoms with Crippen LogP contribution in [-0.2, 0) is 12.7 Å². The minimum Gasteiger partial charge on any atom is -0.368 e. The summed E-state index contributed by atoms with van der Waals surface area (Å²) in [6, 6.07) is 8.61. The molecule has 1 heterocycles. The van der Waals surface area contributed by atoms with Gasteiger partial charge in [-0.1, -0.05) is 29.8 Å². The van der Waals surface area contributed by atoms with E-state index in [1.807, 2.05) is 31.2 Å². The van der Waals surface area contributed by atoms with Gasteiger partial charge in [-0.3, -0.25) is 0 Å². The van der Waals surface area contributed by atoms with Crippen LogP contribution in [0.25, 0.3) is 0 Å². The average Bonchev–Trinajstić information content (AvgIpc) is 2.37. The van der Waals surface area contributed by atoms with E-state index in [9.17, 15) is 13.2 Å². The van der Waals surface area contributed by atoms with E-state index in [0.717, 1.165) is 17.2 Å². The largest absolute Gasteiger partial charge is 0.433 e.